The van der Waals surface area contributed by atoms with Crippen molar-refractivity contribution in [1.29, 1.82) is 0 Å². The van der Waals surface area contributed by atoms with Crippen LogP contribution in [0.2, 0.25) is 10.0 Å². The third-order valence-electron chi connectivity index (χ3n) is 8.43. The van der Waals surface area contributed by atoms with Crippen molar-refractivity contribution in [1.82, 2.24) is 9.80 Å². The topological polar surface area (TPSA) is 53.0 Å². The van der Waals surface area contributed by atoms with Gasteiger partial charge in [0.2, 0.25) is 0 Å². The number of amides is 1. The predicted molar refractivity (Wildman–Crippen MR) is 159 cm³/mol. The van der Waals surface area contributed by atoms with Gasteiger partial charge < -0.3 is 19.6 Å². The molecule has 3 heterocycles. The zero-order valence-electron chi connectivity index (χ0n) is 22.3. The van der Waals surface area contributed by atoms with Gasteiger partial charge in [-0.3, -0.25) is 4.79 Å². The summed E-state index contributed by atoms with van der Waals surface area (Å²) >= 11 is 14.3. The molecule has 5 rings (SSSR count). The van der Waals surface area contributed by atoms with Crippen LogP contribution in [0.4, 0.5) is 0 Å². The largest absolute Gasteiger partial charge is 0.497 e. The lowest BCUT2D eigenvalue weighted by Crippen LogP contribution is -2.46. The molecule has 3 aromatic rings. The summed E-state index contributed by atoms with van der Waals surface area (Å²) in [5.74, 6) is 1.41. The number of methoxy groups -OCH3 is 1. The highest BCUT2D eigenvalue weighted by molar-refractivity contribution is 7.08. The minimum Gasteiger partial charge on any atom is -0.497 e. The molecule has 2 fully saturated rings. The Morgan fingerprint density at radius 1 is 1.10 bits per heavy atom. The average Bonchev–Trinajstić information content (AvgIpc) is 3.62. The molecule has 2 atom stereocenters. The van der Waals surface area contributed by atoms with Crippen LogP contribution in [-0.2, 0) is 6.42 Å². The number of hydrogen-bond donors (Lipinski definition) is 1. The molecule has 0 spiro atoms. The number of halogens is 2. The Labute approximate surface area is 245 Å². The lowest BCUT2D eigenvalue weighted by molar-refractivity contribution is -0.0315. The van der Waals surface area contributed by atoms with Crippen molar-refractivity contribution in [3.63, 3.8) is 0 Å². The molecule has 0 bridgehead atoms. The first-order chi connectivity index (χ1) is 18.8. The van der Waals surface area contributed by atoms with Crippen LogP contribution in [-0.4, -0.2) is 66.2 Å². The highest BCUT2D eigenvalue weighted by Crippen LogP contribution is 2.37. The maximum Gasteiger partial charge on any atom is 0.255 e. The summed E-state index contributed by atoms with van der Waals surface area (Å²) in [6.45, 7) is 4.02. The number of piperidine rings is 1. The molecular formula is C31H36Cl2N2O3S. The molecule has 0 saturated carbocycles. The number of nitrogens with zero attached hydrogens (tertiary/aromatic N) is 2. The van der Waals surface area contributed by atoms with E-state index >= 15 is 0 Å². The normalized spacial score (nSPS) is 21.3. The van der Waals surface area contributed by atoms with Crippen molar-refractivity contribution in [2.75, 3.05) is 39.8 Å². The van der Waals surface area contributed by atoms with E-state index in [-0.39, 0.29) is 11.8 Å². The van der Waals surface area contributed by atoms with E-state index in [0.717, 1.165) is 57.5 Å². The highest BCUT2D eigenvalue weighted by Gasteiger charge is 2.39. The van der Waals surface area contributed by atoms with Crippen molar-refractivity contribution < 1.29 is 14.6 Å². The number of carbonyl (C=O) groups is 1. The molecule has 5 nitrogen and oxygen atoms in total. The van der Waals surface area contributed by atoms with Crippen molar-refractivity contribution in [2.45, 2.75) is 43.6 Å². The fraction of sp³-hybridized carbons (Fsp3) is 0.452. The van der Waals surface area contributed by atoms with Gasteiger partial charge in [0.1, 0.15) is 5.75 Å². The summed E-state index contributed by atoms with van der Waals surface area (Å²) < 4.78 is 5.24. The van der Waals surface area contributed by atoms with E-state index in [2.05, 4.69) is 33.9 Å². The second kappa shape index (κ2) is 12.6. The van der Waals surface area contributed by atoms with Crippen molar-refractivity contribution in [2.24, 2.45) is 5.92 Å². The maximum atomic E-state index is 13.4. The van der Waals surface area contributed by atoms with Crippen LogP contribution in [0.1, 0.15) is 53.1 Å². The Kier molecular flexibility index (Phi) is 9.20. The third-order valence-corrected chi connectivity index (χ3v) is 9.95. The van der Waals surface area contributed by atoms with Crippen LogP contribution in [0.5, 0.6) is 5.75 Å². The fourth-order valence-electron chi connectivity index (χ4n) is 6.07. The summed E-state index contributed by atoms with van der Waals surface area (Å²) in [6, 6.07) is 15.6. The summed E-state index contributed by atoms with van der Waals surface area (Å²) in [5.41, 5.74) is 2.43. The minimum atomic E-state index is -0.600. The lowest BCUT2D eigenvalue weighted by atomic mass is 9.84. The molecule has 39 heavy (non-hydrogen) atoms. The molecule has 2 unspecified atom stereocenters. The molecular weight excluding hydrogens is 551 g/mol. The number of likely N-dealkylation sites (tertiary alicyclic amines) is 2. The van der Waals surface area contributed by atoms with E-state index in [9.17, 15) is 9.90 Å². The van der Waals surface area contributed by atoms with E-state index in [1.807, 2.05) is 17.0 Å². The van der Waals surface area contributed by atoms with E-state index < -0.39 is 5.60 Å². The maximum absolute atomic E-state index is 13.4. The van der Waals surface area contributed by atoms with E-state index in [1.165, 1.54) is 11.1 Å². The molecule has 2 saturated heterocycles. The van der Waals surface area contributed by atoms with Gasteiger partial charge in [-0.2, -0.15) is 11.3 Å². The Hall–Kier alpha value is -2.09. The van der Waals surface area contributed by atoms with Crippen LogP contribution >= 0.6 is 34.5 Å². The zero-order valence-corrected chi connectivity index (χ0v) is 24.6. The standard InChI is InChI=1S/C31H36Cl2N2O3S/c1-38-25-9-7-22(8-10-25)4-3-12-31(37)13-15-34(16-14-31)18-24-19-35(20-27(24)23-11-17-39-21-23)30(36)26-5-2-6-28(32)29(26)33/h2,5-11,17,21,24,27,37H,3-4,12-16,18-20H2,1H3. The molecule has 1 aromatic heterocycles. The van der Waals surface area contributed by atoms with Crippen LogP contribution < -0.4 is 4.74 Å². The second-order valence-corrected chi connectivity index (χ2v) is 12.5. The first kappa shape index (κ1) is 28.4. The number of ether oxygens (including phenoxy) is 1. The highest BCUT2D eigenvalue weighted by atomic mass is 35.5. The number of benzene rings is 2. The van der Waals surface area contributed by atoms with E-state index in [0.29, 0.717) is 34.6 Å². The van der Waals surface area contributed by atoms with Gasteiger partial charge in [0.05, 0.1) is 28.3 Å². The molecule has 1 amide bonds. The van der Waals surface area contributed by atoms with Crippen LogP contribution in [0.25, 0.3) is 0 Å². The summed E-state index contributed by atoms with van der Waals surface area (Å²) in [7, 11) is 1.68. The Morgan fingerprint density at radius 2 is 1.87 bits per heavy atom. The number of aryl methyl sites for hydroxylation is 1. The Bertz CT molecular complexity index is 1240. The minimum absolute atomic E-state index is 0.0601. The third kappa shape index (κ3) is 6.80. The number of carbonyl (C=O) groups excluding carboxylic acids is 1. The average molecular weight is 588 g/mol. The Morgan fingerprint density at radius 3 is 2.56 bits per heavy atom. The molecule has 2 aliphatic heterocycles. The van der Waals surface area contributed by atoms with Gasteiger partial charge in [-0.05, 0) is 90.2 Å². The molecule has 2 aliphatic rings. The summed E-state index contributed by atoms with van der Waals surface area (Å²) in [4.78, 5) is 17.8. The SMILES string of the molecule is COc1ccc(CCCC2(O)CCN(CC3CN(C(=O)c4cccc(Cl)c4Cl)CC3c3ccsc3)CC2)cc1. The van der Waals surface area contributed by atoms with Crippen molar-refractivity contribution >= 4 is 40.4 Å². The zero-order chi connectivity index (χ0) is 27.4. The van der Waals surface area contributed by atoms with Crippen LogP contribution in [0.3, 0.4) is 0 Å². The Balaban J connectivity index is 1.17. The molecule has 208 valence electrons. The summed E-state index contributed by atoms with van der Waals surface area (Å²) in [5, 5.41) is 16.3. The van der Waals surface area contributed by atoms with Crippen molar-refractivity contribution in [3.05, 3.63) is 86.0 Å². The smallest absolute Gasteiger partial charge is 0.255 e. The first-order valence-corrected chi connectivity index (χ1v) is 15.4. The summed E-state index contributed by atoms with van der Waals surface area (Å²) in [6.07, 6.45) is 4.31. The van der Waals surface area contributed by atoms with Gasteiger partial charge in [0.15, 0.2) is 0 Å². The van der Waals surface area contributed by atoms with Gasteiger partial charge in [0, 0.05) is 38.6 Å². The number of rotatable bonds is 9. The molecule has 8 heteroatoms. The molecule has 0 radical (unpaired) electrons. The van der Waals surface area contributed by atoms with Crippen LogP contribution in [0.15, 0.2) is 59.3 Å². The predicted octanol–water partition coefficient (Wildman–Crippen LogP) is 6.77. The monoisotopic (exact) mass is 586 g/mol. The van der Waals surface area contributed by atoms with Gasteiger partial charge in [-0.25, -0.2) is 0 Å². The lowest BCUT2D eigenvalue weighted by Gasteiger charge is -2.39. The van der Waals surface area contributed by atoms with Gasteiger partial charge >= 0.3 is 0 Å². The number of hydrogen-bond acceptors (Lipinski definition) is 5. The number of aliphatic hydroxyl groups is 1. The molecule has 2 aromatic carbocycles. The number of thiophene rings is 1. The van der Waals surface area contributed by atoms with Gasteiger partial charge in [0.25, 0.3) is 5.91 Å². The van der Waals surface area contributed by atoms with Crippen molar-refractivity contribution in [3.8, 4) is 5.75 Å². The quantitative estimate of drug-likeness (QED) is 0.300. The second-order valence-electron chi connectivity index (χ2n) is 11.0. The van der Waals surface area contributed by atoms with E-state index in [4.69, 9.17) is 27.9 Å². The molecule has 1 N–H and O–H groups in total. The molecule has 0 aliphatic carbocycles. The van der Waals surface area contributed by atoms with Gasteiger partial charge in [-0.15, -0.1) is 0 Å². The van der Waals surface area contributed by atoms with Gasteiger partial charge in [-0.1, -0.05) is 41.4 Å². The fourth-order valence-corrected chi connectivity index (χ4v) is 7.18. The van der Waals surface area contributed by atoms with E-state index in [1.54, 1.807) is 36.6 Å². The van der Waals surface area contributed by atoms with Crippen LogP contribution in [0, 0.1) is 5.92 Å². The first-order valence-electron chi connectivity index (χ1n) is 13.7.